The first kappa shape index (κ1) is 12.1. The van der Waals surface area contributed by atoms with Gasteiger partial charge in [-0.3, -0.25) is 9.59 Å². The van der Waals surface area contributed by atoms with E-state index in [4.69, 9.17) is 5.11 Å². The van der Waals surface area contributed by atoms with Gasteiger partial charge in [0.2, 0.25) is 5.91 Å². The molecule has 0 aromatic rings. The first-order valence-electron chi connectivity index (χ1n) is 6.03. The van der Waals surface area contributed by atoms with Gasteiger partial charge in [-0.25, -0.2) is 0 Å². The van der Waals surface area contributed by atoms with Crippen LogP contribution in [0.3, 0.4) is 0 Å². The van der Waals surface area contributed by atoms with Gasteiger partial charge < -0.3 is 10.0 Å². The van der Waals surface area contributed by atoms with Gasteiger partial charge in [-0.1, -0.05) is 25.5 Å². The van der Waals surface area contributed by atoms with E-state index in [2.05, 4.69) is 6.92 Å². The molecule has 2 atom stereocenters. The number of carboxylic acid groups (broad SMARTS) is 1. The largest absolute Gasteiger partial charge is 0.481 e. The monoisotopic (exact) mass is 237 g/mol. The molecule has 0 aromatic heterocycles. The van der Waals surface area contributed by atoms with Crippen molar-refractivity contribution >= 4 is 11.9 Å². The van der Waals surface area contributed by atoms with Gasteiger partial charge in [0.15, 0.2) is 0 Å². The fourth-order valence-electron chi connectivity index (χ4n) is 2.73. The van der Waals surface area contributed by atoms with E-state index in [-0.39, 0.29) is 17.2 Å². The molecule has 1 amide bonds. The minimum absolute atomic E-state index is 0.00569. The summed E-state index contributed by atoms with van der Waals surface area (Å²) < 4.78 is 0. The van der Waals surface area contributed by atoms with Gasteiger partial charge in [0.25, 0.3) is 0 Å². The number of aliphatic carboxylic acids is 1. The Balaban J connectivity index is 2.05. The number of carboxylic acids is 1. The molecule has 2 rings (SSSR count). The Hall–Kier alpha value is -1.32. The maximum atomic E-state index is 12.2. The molecule has 0 spiro atoms. The lowest BCUT2D eigenvalue weighted by Crippen LogP contribution is -2.37. The number of nitrogens with zero attached hydrogens (tertiary/aromatic N) is 1. The third-order valence-electron chi connectivity index (χ3n) is 4.11. The first-order chi connectivity index (χ1) is 7.85. The first-order valence-corrected chi connectivity index (χ1v) is 6.03. The molecule has 1 saturated carbocycles. The zero-order valence-electron chi connectivity index (χ0n) is 10.6. The van der Waals surface area contributed by atoms with Crippen molar-refractivity contribution < 1.29 is 14.7 Å². The van der Waals surface area contributed by atoms with Crippen molar-refractivity contribution in [2.24, 2.45) is 17.3 Å². The van der Waals surface area contributed by atoms with E-state index in [1.165, 1.54) is 5.57 Å². The van der Waals surface area contributed by atoms with Crippen LogP contribution in [-0.4, -0.2) is 35.0 Å². The van der Waals surface area contributed by atoms with Gasteiger partial charge in [-0.15, -0.1) is 0 Å². The SMILES string of the molecule is CC1=CCN(C(=O)C2C(C(=O)O)C2(C)C)CC1. The molecule has 0 radical (unpaired) electrons. The number of hydrogen-bond donors (Lipinski definition) is 1. The van der Waals surface area contributed by atoms with Crippen LogP contribution in [0.15, 0.2) is 11.6 Å². The zero-order valence-corrected chi connectivity index (χ0v) is 10.6. The van der Waals surface area contributed by atoms with Crippen LogP contribution in [0, 0.1) is 17.3 Å². The maximum Gasteiger partial charge on any atom is 0.307 e. The van der Waals surface area contributed by atoms with Crippen molar-refractivity contribution in [1.82, 2.24) is 4.90 Å². The lowest BCUT2D eigenvalue weighted by atomic mass is 10.1. The summed E-state index contributed by atoms with van der Waals surface area (Å²) in [6.45, 7) is 7.13. The molecule has 1 N–H and O–H groups in total. The second-order valence-corrected chi connectivity index (χ2v) is 5.70. The van der Waals surface area contributed by atoms with E-state index in [1.54, 1.807) is 4.90 Å². The number of carbonyl (C=O) groups excluding carboxylic acids is 1. The fraction of sp³-hybridized carbons (Fsp3) is 0.692. The summed E-state index contributed by atoms with van der Waals surface area (Å²) in [7, 11) is 0. The lowest BCUT2D eigenvalue weighted by Gasteiger charge is -2.26. The smallest absolute Gasteiger partial charge is 0.307 e. The Morgan fingerprint density at radius 3 is 2.47 bits per heavy atom. The van der Waals surface area contributed by atoms with E-state index in [0.717, 1.165) is 13.0 Å². The standard InChI is InChI=1S/C13H19NO3/c1-8-4-6-14(7-5-8)11(15)9-10(12(16)17)13(9,2)3/h4,9-10H,5-7H2,1-3H3,(H,16,17). The van der Waals surface area contributed by atoms with Crippen LogP contribution in [-0.2, 0) is 9.59 Å². The van der Waals surface area contributed by atoms with E-state index in [0.29, 0.717) is 6.54 Å². The molecular formula is C13H19NO3. The normalized spacial score (nSPS) is 30.8. The van der Waals surface area contributed by atoms with E-state index in [1.807, 2.05) is 19.9 Å². The van der Waals surface area contributed by atoms with Gasteiger partial charge in [0.05, 0.1) is 11.8 Å². The van der Waals surface area contributed by atoms with Crippen LogP contribution in [0.25, 0.3) is 0 Å². The second kappa shape index (κ2) is 3.86. The molecule has 2 unspecified atom stereocenters. The maximum absolute atomic E-state index is 12.2. The molecule has 0 aromatic carbocycles. The highest BCUT2D eigenvalue weighted by Crippen LogP contribution is 2.59. The van der Waals surface area contributed by atoms with Crippen molar-refractivity contribution in [1.29, 1.82) is 0 Å². The number of carbonyl (C=O) groups is 2. The van der Waals surface area contributed by atoms with E-state index >= 15 is 0 Å². The Kier molecular flexibility index (Phi) is 2.76. The van der Waals surface area contributed by atoms with Gasteiger partial charge in [-0.2, -0.15) is 0 Å². The summed E-state index contributed by atoms with van der Waals surface area (Å²) in [6, 6.07) is 0. The molecule has 1 fully saturated rings. The Morgan fingerprint density at radius 2 is 2.06 bits per heavy atom. The molecule has 17 heavy (non-hydrogen) atoms. The van der Waals surface area contributed by atoms with Crippen molar-refractivity contribution in [2.75, 3.05) is 13.1 Å². The third kappa shape index (κ3) is 1.96. The highest BCUT2D eigenvalue weighted by Gasteiger charge is 2.66. The Bertz CT molecular complexity index is 397. The van der Waals surface area contributed by atoms with Crippen LogP contribution in [0.1, 0.15) is 27.2 Å². The fourth-order valence-corrected chi connectivity index (χ4v) is 2.73. The van der Waals surface area contributed by atoms with Crippen LogP contribution in [0.2, 0.25) is 0 Å². The molecule has 2 aliphatic rings. The zero-order chi connectivity index (χ0) is 12.8. The summed E-state index contributed by atoms with van der Waals surface area (Å²) >= 11 is 0. The van der Waals surface area contributed by atoms with Crippen molar-refractivity contribution in [3.05, 3.63) is 11.6 Å². The Morgan fingerprint density at radius 1 is 1.41 bits per heavy atom. The minimum atomic E-state index is -0.850. The molecule has 4 nitrogen and oxygen atoms in total. The molecular weight excluding hydrogens is 218 g/mol. The van der Waals surface area contributed by atoms with E-state index < -0.39 is 11.9 Å². The molecule has 1 heterocycles. The van der Waals surface area contributed by atoms with Crippen LogP contribution in [0.5, 0.6) is 0 Å². The summed E-state index contributed by atoms with van der Waals surface area (Å²) in [5.74, 6) is -1.70. The quantitative estimate of drug-likeness (QED) is 0.741. The van der Waals surface area contributed by atoms with Crippen molar-refractivity contribution in [3.8, 4) is 0 Å². The summed E-state index contributed by atoms with van der Waals surface area (Å²) in [5, 5.41) is 9.07. The highest BCUT2D eigenvalue weighted by molar-refractivity contribution is 5.91. The second-order valence-electron chi connectivity index (χ2n) is 5.70. The third-order valence-corrected chi connectivity index (χ3v) is 4.11. The average Bonchev–Trinajstić information content (AvgIpc) is 2.82. The molecule has 94 valence electrons. The number of amides is 1. The Labute approximate surface area is 101 Å². The molecule has 1 aliphatic heterocycles. The van der Waals surface area contributed by atoms with Crippen molar-refractivity contribution in [3.63, 3.8) is 0 Å². The van der Waals surface area contributed by atoms with Crippen molar-refractivity contribution in [2.45, 2.75) is 27.2 Å². The van der Waals surface area contributed by atoms with Crippen LogP contribution < -0.4 is 0 Å². The highest BCUT2D eigenvalue weighted by atomic mass is 16.4. The van der Waals surface area contributed by atoms with Gasteiger partial charge in [0, 0.05) is 13.1 Å². The van der Waals surface area contributed by atoms with E-state index in [9.17, 15) is 9.59 Å². The summed E-state index contributed by atoms with van der Waals surface area (Å²) in [4.78, 5) is 25.1. The summed E-state index contributed by atoms with van der Waals surface area (Å²) in [5.41, 5.74) is 0.915. The molecule has 4 heteroatoms. The van der Waals surface area contributed by atoms with Gasteiger partial charge in [0.1, 0.15) is 0 Å². The van der Waals surface area contributed by atoms with Gasteiger partial charge in [-0.05, 0) is 18.8 Å². The summed E-state index contributed by atoms with van der Waals surface area (Å²) in [6.07, 6.45) is 2.95. The predicted molar refractivity (Wildman–Crippen MR) is 63.4 cm³/mol. The average molecular weight is 237 g/mol. The minimum Gasteiger partial charge on any atom is -0.481 e. The number of hydrogen-bond acceptors (Lipinski definition) is 2. The van der Waals surface area contributed by atoms with Gasteiger partial charge >= 0.3 is 5.97 Å². The topological polar surface area (TPSA) is 57.6 Å². The molecule has 0 saturated heterocycles. The lowest BCUT2D eigenvalue weighted by molar-refractivity contribution is -0.142. The predicted octanol–water partition coefficient (Wildman–Crippen LogP) is 1.52. The van der Waals surface area contributed by atoms with Crippen LogP contribution >= 0.6 is 0 Å². The van der Waals surface area contributed by atoms with Crippen LogP contribution in [0.4, 0.5) is 0 Å². The molecule has 1 aliphatic carbocycles. The molecule has 0 bridgehead atoms. The number of rotatable bonds is 2.